The third-order valence-corrected chi connectivity index (χ3v) is 4.85. The topological polar surface area (TPSA) is 94.3 Å². The van der Waals surface area contributed by atoms with E-state index in [1.807, 2.05) is 25.9 Å². The fourth-order valence-electron chi connectivity index (χ4n) is 3.21. The van der Waals surface area contributed by atoms with Crippen LogP contribution in [-0.2, 0) is 4.79 Å². The molecule has 0 saturated carbocycles. The Bertz CT molecular complexity index is 1220. The summed E-state index contributed by atoms with van der Waals surface area (Å²) in [7, 11) is 3.78. The molecule has 0 saturated heterocycles. The number of aromatic nitrogens is 1. The molecule has 0 aliphatic heterocycles. The van der Waals surface area contributed by atoms with Crippen LogP contribution in [0.4, 0.5) is 15.8 Å². The van der Waals surface area contributed by atoms with E-state index in [9.17, 15) is 18.8 Å². The van der Waals surface area contributed by atoms with Gasteiger partial charge in [-0.2, -0.15) is 0 Å². The summed E-state index contributed by atoms with van der Waals surface area (Å²) in [5, 5.41) is 5.90. The minimum Gasteiger partial charge on any atom is -0.326 e. The molecular weight excluding hydrogens is 399 g/mol. The maximum absolute atomic E-state index is 14.3. The number of aromatic amines is 1. The van der Waals surface area contributed by atoms with Crippen LogP contribution < -0.4 is 16.2 Å². The molecule has 7 nitrogen and oxygen atoms in total. The summed E-state index contributed by atoms with van der Waals surface area (Å²) >= 11 is 0. The Morgan fingerprint density at radius 3 is 2.52 bits per heavy atom. The number of hydrogen-bond donors (Lipinski definition) is 3. The highest BCUT2D eigenvalue weighted by Crippen LogP contribution is 2.24. The zero-order valence-electron chi connectivity index (χ0n) is 17.9. The molecule has 0 unspecified atom stereocenters. The normalized spacial score (nSPS) is 11.0. The number of carbonyl (C=O) groups is 2. The van der Waals surface area contributed by atoms with Gasteiger partial charge in [-0.05, 0) is 63.3 Å². The van der Waals surface area contributed by atoms with Crippen molar-refractivity contribution in [3.05, 3.63) is 69.3 Å². The maximum Gasteiger partial charge on any atom is 0.256 e. The Hall–Kier alpha value is -3.52. The number of benzene rings is 2. The van der Waals surface area contributed by atoms with Gasteiger partial charge in [0.25, 0.3) is 5.91 Å². The van der Waals surface area contributed by atoms with Crippen LogP contribution in [-0.4, -0.2) is 42.3 Å². The Labute approximate surface area is 179 Å². The van der Waals surface area contributed by atoms with Crippen LogP contribution in [0.25, 0.3) is 10.9 Å². The van der Waals surface area contributed by atoms with Gasteiger partial charge in [0.2, 0.25) is 11.5 Å². The van der Waals surface area contributed by atoms with Gasteiger partial charge in [-0.1, -0.05) is 6.07 Å². The molecule has 162 valence electrons. The smallest absolute Gasteiger partial charge is 0.256 e. The Kier molecular flexibility index (Phi) is 6.50. The molecule has 0 bridgehead atoms. The highest BCUT2D eigenvalue weighted by Gasteiger charge is 2.16. The fourth-order valence-corrected chi connectivity index (χ4v) is 3.21. The van der Waals surface area contributed by atoms with Crippen molar-refractivity contribution in [1.29, 1.82) is 0 Å². The van der Waals surface area contributed by atoms with E-state index in [0.717, 1.165) is 11.6 Å². The summed E-state index contributed by atoms with van der Waals surface area (Å²) in [6.07, 6.45) is 0.340. The number of halogens is 1. The molecule has 2 amide bonds. The van der Waals surface area contributed by atoms with Gasteiger partial charge in [0, 0.05) is 35.8 Å². The lowest BCUT2D eigenvalue weighted by atomic mass is 10.1. The Morgan fingerprint density at radius 2 is 1.81 bits per heavy atom. The molecule has 0 aliphatic rings. The number of hydrogen-bond acceptors (Lipinski definition) is 4. The molecular formula is C23H25FN4O3. The van der Waals surface area contributed by atoms with E-state index in [2.05, 4.69) is 15.6 Å². The minimum absolute atomic E-state index is 0.0130. The molecule has 3 rings (SSSR count). The van der Waals surface area contributed by atoms with Crippen molar-refractivity contribution in [3.63, 3.8) is 0 Å². The summed E-state index contributed by atoms with van der Waals surface area (Å²) in [5.41, 5.74) is 1.98. The molecule has 1 aromatic heterocycles. The van der Waals surface area contributed by atoms with Crippen LogP contribution in [0.1, 0.15) is 27.9 Å². The molecule has 0 aliphatic carbocycles. The Balaban J connectivity index is 1.87. The van der Waals surface area contributed by atoms with Crippen molar-refractivity contribution in [2.24, 2.45) is 0 Å². The van der Waals surface area contributed by atoms with Gasteiger partial charge >= 0.3 is 0 Å². The van der Waals surface area contributed by atoms with Gasteiger partial charge < -0.3 is 20.5 Å². The van der Waals surface area contributed by atoms with Gasteiger partial charge in [0.15, 0.2) is 0 Å². The van der Waals surface area contributed by atoms with Crippen LogP contribution in [0.3, 0.4) is 0 Å². The molecule has 31 heavy (non-hydrogen) atoms. The predicted octanol–water partition coefficient (Wildman–Crippen LogP) is 3.43. The second-order valence-corrected chi connectivity index (χ2v) is 7.80. The zero-order valence-corrected chi connectivity index (χ0v) is 17.9. The van der Waals surface area contributed by atoms with Crippen LogP contribution in [0, 0.1) is 19.7 Å². The van der Waals surface area contributed by atoms with E-state index in [-0.39, 0.29) is 17.0 Å². The molecule has 0 atom stereocenters. The monoisotopic (exact) mass is 424 g/mol. The van der Waals surface area contributed by atoms with Crippen molar-refractivity contribution in [3.8, 4) is 0 Å². The predicted molar refractivity (Wildman–Crippen MR) is 120 cm³/mol. The number of H-pyrrole nitrogens is 1. The fraction of sp³-hybridized carbons (Fsp3) is 0.261. The summed E-state index contributed by atoms with van der Waals surface area (Å²) in [5.74, 6) is -1.28. The second-order valence-electron chi connectivity index (χ2n) is 7.80. The first-order valence-corrected chi connectivity index (χ1v) is 9.84. The van der Waals surface area contributed by atoms with E-state index >= 15 is 0 Å². The molecule has 8 heteroatoms. The Morgan fingerprint density at radius 1 is 1.06 bits per heavy atom. The lowest BCUT2D eigenvalue weighted by molar-refractivity contribution is -0.116. The van der Waals surface area contributed by atoms with Crippen LogP contribution in [0.15, 0.2) is 41.2 Å². The van der Waals surface area contributed by atoms with Gasteiger partial charge in [-0.25, -0.2) is 4.39 Å². The number of aryl methyl sites for hydroxylation is 2. The first-order valence-electron chi connectivity index (χ1n) is 9.84. The van der Waals surface area contributed by atoms with Gasteiger partial charge in [-0.15, -0.1) is 0 Å². The first-order chi connectivity index (χ1) is 14.6. The lowest BCUT2D eigenvalue weighted by Gasteiger charge is -2.14. The number of nitrogens with one attached hydrogen (secondary N) is 3. The van der Waals surface area contributed by atoms with E-state index < -0.39 is 17.3 Å². The lowest BCUT2D eigenvalue weighted by Crippen LogP contribution is -2.21. The molecule has 3 N–H and O–H groups in total. The number of pyridine rings is 1. The summed E-state index contributed by atoms with van der Waals surface area (Å²) in [4.78, 5) is 41.4. The van der Waals surface area contributed by atoms with Gasteiger partial charge in [0.1, 0.15) is 5.82 Å². The number of nitrogens with zero attached hydrogens (tertiary/aromatic N) is 1. The van der Waals surface area contributed by atoms with Crippen molar-refractivity contribution in [2.75, 3.05) is 31.3 Å². The van der Waals surface area contributed by atoms with E-state index in [0.29, 0.717) is 35.3 Å². The third-order valence-electron chi connectivity index (χ3n) is 4.85. The highest BCUT2D eigenvalue weighted by atomic mass is 19.1. The summed E-state index contributed by atoms with van der Waals surface area (Å²) < 4.78 is 14.3. The van der Waals surface area contributed by atoms with Crippen molar-refractivity contribution >= 4 is 34.1 Å². The van der Waals surface area contributed by atoms with Gasteiger partial charge in [-0.3, -0.25) is 14.4 Å². The van der Waals surface area contributed by atoms with Crippen LogP contribution in [0.2, 0.25) is 0 Å². The molecule has 2 aromatic carbocycles. The van der Waals surface area contributed by atoms with E-state index in [1.54, 1.807) is 31.2 Å². The maximum atomic E-state index is 14.3. The van der Waals surface area contributed by atoms with Crippen LogP contribution in [0.5, 0.6) is 0 Å². The minimum atomic E-state index is -0.597. The number of fused-ring (bicyclic) bond motifs is 1. The summed E-state index contributed by atoms with van der Waals surface area (Å²) in [6.45, 7) is 4.18. The SMILES string of the molecule is Cc1cc(F)c2[nH]c(=O)cc(C(=O)Nc3ccc(C)c(NC(=O)CCN(C)C)c3)c2c1. The van der Waals surface area contributed by atoms with Gasteiger partial charge in [0.05, 0.1) is 11.1 Å². The average Bonchev–Trinajstić information content (AvgIpc) is 2.69. The molecule has 3 aromatic rings. The molecule has 0 fully saturated rings. The highest BCUT2D eigenvalue weighted by molar-refractivity contribution is 6.12. The molecule has 0 spiro atoms. The standard InChI is InChI=1S/C23H25FN4O3/c1-13-9-16-17(12-21(30)27-22(16)18(24)10-13)23(31)25-15-6-5-14(2)19(11-15)26-20(29)7-8-28(3)4/h5-6,9-12H,7-8H2,1-4H3,(H,25,31)(H,26,29)(H,27,30). The zero-order chi connectivity index (χ0) is 22.7. The number of rotatable bonds is 6. The number of anilines is 2. The number of amides is 2. The third kappa shape index (κ3) is 5.35. The van der Waals surface area contributed by atoms with Crippen molar-refractivity contribution < 1.29 is 14.0 Å². The second kappa shape index (κ2) is 9.09. The van der Waals surface area contributed by atoms with Crippen molar-refractivity contribution in [2.45, 2.75) is 20.3 Å². The number of carbonyl (C=O) groups excluding carboxylic acids is 2. The average molecular weight is 424 g/mol. The molecule has 0 radical (unpaired) electrons. The molecule has 1 heterocycles. The summed E-state index contributed by atoms with van der Waals surface area (Å²) in [6, 6.07) is 9.22. The van der Waals surface area contributed by atoms with Crippen molar-refractivity contribution in [1.82, 2.24) is 9.88 Å². The largest absolute Gasteiger partial charge is 0.326 e. The quantitative estimate of drug-likeness (QED) is 0.565. The first kappa shape index (κ1) is 22.2. The van der Waals surface area contributed by atoms with Crippen LogP contribution >= 0.6 is 0 Å². The van der Waals surface area contributed by atoms with E-state index in [4.69, 9.17) is 0 Å². The van der Waals surface area contributed by atoms with E-state index in [1.165, 1.54) is 6.07 Å².